The minimum atomic E-state index is 1.35. The molecule has 0 nitrogen and oxygen atoms in total. The predicted molar refractivity (Wildman–Crippen MR) is 58.7 cm³/mol. The Morgan fingerprint density at radius 2 is 1.62 bits per heavy atom. The Labute approximate surface area is 71.2 Å². The third-order valence-corrected chi connectivity index (χ3v) is 10.3. The summed E-state index contributed by atoms with van der Waals surface area (Å²) in [5, 5.41) is 0. The van der Waals surface area contributed by atoms with Crippen LogP contribution in [0.4, 0.5) is 0 Å². The van der Waals surface area contributed by atoms with Gasteiger partial charge in [-0.15, -0.1) is 0 Å². The predicted octanol–water partition coefficient (Wildman–Crippen LogP) is -0.665. The van der Waals surface area contributed by atoms with Gasteiger partial charge in [-0.05, 0) is 0 Å². The van der Waals surface area contributed by atoms with E-state index in [0.717, 1.165) is 0 Å². The zero-order valence-corrected chi connectivity index (χ0v) is 9.28. The van der Waals surface area contributed by atoms with E-state index in [9.17, 15) is 0 Å². The average molecular weight is 236 g/mol. The third-order valence-electron chi connectivity index (χ3n) is 0.159. The van der Waals surface area contributed by atoms with Crippen LogP contribution in [0, 0.1) is 0 Å². The molecular weight excluding hydrogens is 235 g/mol. The Kier molecular flexibility index (Phi) is 10.3. The van der Waals surface area contributed by atoms with E-state index in [2.05, 4.69) is 17.9 Å². The van der Waals surface area contributed by atoms with Crippen LogP contribution in [0.25, 0.3) is 0 Å². The number of hydrogen-bond donors (Lipinski definition) is 0. The molecule has 0 aliphatic rings. The third kappa shape index (κ3) is 7.60. The van der Waals surface area contributed by atoms with E-state index in [1.807, 2.05) is 0 Å². The summed E-state index contributed by atoms with van der Waals surface area (Å²) in [6.45, 7) is 3.59. The van der Waals surface area contributed by atoms with Gasteiger partial charge in [-0.1, -0.05) is 0 Å². The van der Waals surface area contributed by atoms with Crippen LogP contribution < -0.4 is 0 Å². The Morgan fingerprint density at radius 3 is 2.12 bits per heavy atom. The van der Waals surface area contributed by atoms with Gasteiger partial charge in [-0.2, -0.15) is 0 Å². The van der Waals surface area contributed by atoms with Gasteiger partial charge in [0.25, 0.3) is 0 Å². The van der Waals surface area contributed by atoms with Gasteiger partial charge in [0.05, 0.1) is 0 Å². The molecule has 0 amide bonds. The summed E-state index contributed by atoms with van der Waals surface area (Å²) in [5.41, 5.74) is 0. The molecule has 0 saturated carbocycles. The van der Waals surface area contributed by atoms with E-state index < -0.39 is 0 Å². The summed E-state index contributed by atoms with van der Waals surface area (Å²) in [6.07, 6.45) is 0. The van der Waals surface area contributed by atoms with Gasteiger partial charge in [-0.3, -0.25) is 0 Å². The fourth-order valence-electron chi connectivity index (χ4n) is 0.0537. The molecule has 0 aromatic carbocycles. The van der Waals surface area contributed by atoms with Crippen LogP contribution in [-0.2, 0) is 65.3 Å². The quantitative estimate of drug-likeness (QED) is 0.503. The maximum atomic E-state index is 4.62. The summed E-state index contributed by atoms with van der Waals surface area (Å²) < 4.78 is 0. The Morgan fingerprint density at radius 1 is 1.00 bits per heavy atom. The van der Waals surface area contributed by atoms with Crippen LogP contribution in [0.1, 0.15) is 0 Å². The summed E-state index contributed by atoms with van der Waals surface area (Å²) in [4.78, 5) is 0. The summed E-state index contributed by atoms with van der Waals surface area (Å²) in [6, 6.07) is 0. The van der Waals surface area contributed by atoms with E-state index in [1.54, 1.807) is 35.5 Å². The first-order valence-corrected chi connectivity index (χ1v) is 9.87. The molecule has 8 heteroatoms. The first-order chi connectivity index (χ1) is 3.91. The van der Waals surface area contributed by atoms with E-state index in [4.69, 9.17) is 0 Å². The summed E-state index contributed by atoms with van der Waals surface area (Å²) in [7, 11) is 9.46. The Bertz CT molecular complexity index is 234. The van der Waals surface area contributed by atoms with Crippen molar-refractivity contribution in [3.63, 3.8) is 0 Å². The minimum absolute atomic E-state index is 1.35. The Balaban J connectivity index is 5.06. The number of rotatable bonds is 0. The molecule has 0 spiro atoms. The van der Waals surface area contributed by atoms with Gasteiger partial charge < -0.3 is 0 Å². The fraction of sp³-hybridized carbons (Fsp3) is 0. The molecule has 0 rings (SSSR count). The molecule has 0 aromatic heterocycles. The van der Waals surface area contributed by atoms with Crippen molar-refractivity contribution < 1.29 is 0 Å². The Hall–Kier alpha value is 1.60. The van der Waals surface area contributed by atoms with Crippen molar-refractivity contribution in [2.75, 3.05) is 0 Å². The second-order valence-electron chi connectivity index (χ2n) is 0.458. The zero-order valence-electron chi connectivity index (χ0n) is 3.56. The van der Waals surface area contributed by atoms with Crippen LogP contribution in [0.5, 0.6) is 0 Å². The SMILES string of the molecule is B=S=S=S=S=S=S=S. The molecule has 46 valence electrons. The molecule has 0 atom stereocenters. The van der Waals surface area contributed by atoms with Crippen molar-refractivity contribution in [2.45, 2.75) is 0 Å². The van der Waals surface area contributed by atoms with Gasteiger partial charge in [0.1, 0.15) is 0 Å². The van der Waals surface area contributed by atoms with Crippen LogP contribution in [0.2, 0.25) is 0 Å². The van der Waals surface area contributed by atoms with Crippen molar-refractivity contribution in [3.8, 4) is 0 Å². The standard InChI is InChI=1S/BHS7/c1-3-5-7-8-6-4-2/h1H. The van der Waals surface area contributed by atoms with Crippen LogP contribution >= 0.6 is 0 Å². The molecule has 0 aliphatic carbocycles. The second-order valence-corrected chi connectivity index (χ2v) is 10.2. The van der Waals surface area contributed by atoms with Crippen molar-refractivity contribution in [1.29, 1.82) is 0 Å². The van der Waals surface area contributed by atoms with Crippen LogP contribution in [-0.4, -0.2) is 6.72 Å². The molecule has 0 bridgehead atoms. The molecule has 0 N–H and O–H groups in total. The molecule has 0 saturated heterocycles. The molecular formula is HBS7. The molecule has 0 fully saturated rings. The van der Waals surface area contributed by atoms with E-state index in [1.165, 1.54) is 18.6 Å². The summed E-state index contributed by atoms with van der Waals surface area (Å²) in [5.74, 6) is 0. The van der Waals surface area contributed by atoms with Crippen molar-refractivity contribution in [3.05, 3.63) is 0 Å². The molecule has 0 aliphatic heterocycles. The monoisotopic (exact) mass is 236 g/mol. The normalized spacial score (nSPS) is 6.38. The molecule has 0 heterocycles. The molecule has 0 unspecified atom stereocenters. The van der Waals surface area contributed by atoms with E-state index >= 15 is 0 Å². The maximum absolute atomic E-state index is 4.62. The second kappa shape index (κ2) is 8.60. The van der Waals surface area contributed by atoms with Crippen LogP contribution in [0.3, 0.4) is 0 Å². The van der Waals surface area contributed by atoms with Crippen molar-refractivity contribution >= 4 is 72.1 Å². The van der Waals surface area contributed by atoms with E-state index in [0.29, 0.717) is 0 Å². The molecule has 0 aromatic rings. The van der Waals surface area contributed by atoms with Gasteiger partial charge in [0, 0.05) is 0 Å². The molecule has 0 radical (unpaired) electrons. The average Bonchev–Trinajstić information content (AvgIpc) is 1.81. The van der Waals surface area contributed by atoms with Gasteiger partial charge >= 0.3 is 72.1 Å². The number of hydrogen-bond acceptors (Lipinski definition) is 1. The van der Waals surface area contributed by atoms with Crippen molar-refractivity contribution in [1.82, 2.24) is 0 Å². The first kappa shape index (κ1) is 9.60. The fourth-order valence-corrected chi connectivity index (χ4v) is 9.86. The van der Waals surface area contributed by atoms with E-state index in [-0.39, 0.29) is 0 Å². The summed E-state index contributed by atoms with van der Waals surface area (Å²) >= 11 is 4.62. The first-order valence-electron chi connectivity index (χ1n) is 1.29. The van der Waals surface area contributed by atoms with Gasteiger partial charge in [0.15, 0.2) is 0 Å². The van der Waals surface area contributed by atoms with Gasteiger partial charge in [-0.25, -0.2) is 0 Å². The van der Waals surface area contributed by atoms with Gasteiger partial charge in [0.2, 0.25) is 0 Å². The topological polar surface area (TPSA) is 0 Å². The zero-order chi connectivity index (χ0) is 6.24. The van der Waals surface area contributed by atoms with Crippen LogP contribution in [0.15, 0.2) is 0 Å². The van der Waals surface area contributed by atoms with Crippen molar-refractivity contribution in [2.24, 2.45) is 0 Å². The molecule has 8 heavy (non-hydrogen) atoms.